The molecule has 0 aromatic heterocycles. The Hall–Kier alpha value is -2.01. The summed E-state index contributed by atoms with van der Waals surface area (Å²) in [5.41, 5.74) is 2.50. The lowest BCUT2D eigenvalue weighted by Crippen LogP contribution is -2.13. The van der Waals surface area contributed by atoms with Crippen molar-refractivity contribution in [1.82, 2.24) is 0 Å². The largest absolute Gasteiger partial charge is 0.497 e. The van der Waals surface area contributed by atoms with E-state index >= 15 is 0 Å². The maximum atomic E-state index is 12.5. The number of ether oxygens (including phenoxy) is 1. The summed E-state index contributed by atoms with van der Waals surface area (Å²) in [5.74, 6) is 1.24. The Morgan fingerprint density at radius 3 is 2.26 bits per heavy atom. The molecule has 0 saturated heterocycles. The molecule has 5 heteroatoms. The maximum Gasteiger partial charge on any atom is 0.261 e. The molecular weight excluding hydrogens is 310 g/mol. The first kappa shape index (κ1) is 17.3. The van der Waals surface area contributed by atoms with Crippen LogP contribution in [-0.4, -0.2) is 15.5 Å². The highest BCUT2D eigenvalue weighted by Crippen LogP contribution is 2.24. The summed E-state index contributed by atoms with van der Waals surface area (Å²) >= 11 is 0. The molecule has 4 nitrogen and oxygen atoms in total. The topological polar surface area (TPSA) is 55.4 Å². The van der Waals surface area contributed by atoms with Crippen molar-refractivity contribution in [3.63, 3.8) is 0 Å². The van der Waals surface area contributed by atoms with E-state index in [-0.39, 0.29) is 4.90 Å². The Morgan fingerprint density at radius 2 is 1.74 bits per heavy atom. The molecule has 0 bridgehead atoms. The van der Waals surface area contributed by atoms with E-state index < -0.39 is 10.0 Å². The van der Waals surface area contributed by atoms with E-state index in [0.717, 1.165) is 17.5 Å². The van der Waals surface area contributed by atoms with Crippen molar-refractivity contribution in [3.05, 3.63) is 53.6 Å². The zero-order valence-electron chi connectivity index (χ0n) is 14.0. The van der Waals surface area contributed by atoms with Crippen molar-refractivity contribution in [2.45, 2.75) is 32.1 Å². The predicted octanol–water partition coefficient (Wildman–Crippen LogP) is 4.00. The zero-order valence-corrected chi connectivity index (χ0v) is 14.8. The van der Waals surface area contributed by atoms with Gasteiger partial charge in [-0.1, -0.05) is 26.0 Å². The molecule has 0 saturated carbocycles. The molecule has 0 amide bonds. The van der Waals surface area contributed by atoms with Gasteiger partial charge in [-0.05, 0) is 60.7 Å². The second-order valence-corrected chi connectivity index (χ2v) is 7.71. The van der Waals surface area contributed by atoms with Gasteiger partial charge < -0.3 is 4.74 Å². The summed E-state index contributed by atoms with van der Waals surface area (Å²) in [7, 11) is -2.01. The molecule has 0 aliphatic heterocycles. The number of nitrogens with one attached hydrogen (secondary N) is 1. The van der Waals surface area contributed by atoms with Gasteiger partial charge in [0.1, 0.15) is 5.75 Å². The number of hydrogen-bond donors (Lipinski definition) is 1. The molecule has 0 radical (unpaired) electrons. The SMILES string of the molecule is COc1ccc(NS(=O)(=O)c2ccc(CC(C)C)cc2)c(C)c1. The Labute approximate surface area is 138 Å². The number of sulfonamides is 1. The molecule has 2 aromatic rings. The molecule has 0 heterocycles. The first-order valence-corrected chi connectivity index (χ1v) is 9.06. The van der Waals surface area contributed by atoms with Crippen LogP contribution < -0.4 is 9.46 Å². The first-order valence-electron chi connectivity index (χ1n) is 7.58. The standard InChI is InChI=1S/C18H23NO3S/c1-13(2)11-15-5-8-17(9-6-15)23(20,21)19-18-10-7-16(22-4)12-14(18)3/h5-10,12-13,19H,11H2,1-4H3. The van der Waals surface area contributed by atoms with Gasteiger partial charge in [0, 0.05) is 0 Å². The minimum Gasteiger partial charge on any atom is -0.497 e. The van der Waals surface area contributed by atoms with E-state index in [0.29, 0.717) is 17.4 Å². The van der Waals surface area contributed by atoms with Crippen LogP contribution in [0.4, 0.5) is 5.69 Å². The van der Waals surface area contributed by atoms with Crippen LogP contribution in [0.5, 0.6) is 5.75 Å². The average molecular weight is 333 g/mol. The molecule has 0 atom stereocenters. The lowest BCUT2D eigenvalue weighted by molar-refractivity contribution is 0.414. The van der Waals surface area contributed by atoms with Gasteiger partial charge in [-0.25, -0.2) is 8.42 Å². The van der Waals surface area contributed by atoms with Crippen LogP contribution in [0.25, 0.3) is 0 Å². The number of anilines is 1. The van der Waals surface area contributed by atoms with Crippen molar-refractivity contribution in [2.75, 3.05) is 11.8 Å². The highest BCUT2D eigenvalue weighted by atomic mass is 32.2. The smallest absolute Gasteiger partial charge is 0.261 e. The number of benzene rings is 2. The molecule has 0 spiro atoms. The molecule has 0 aliphatic carbocycles. The summed E-state index contributed by atoms with van der Waals surface area (Å²) in [6, 6.07) is 12.3. The van der Waals surface area contributed by atoms with E-state index in [2.05, 4.69) is 18.6 Å². The summed E-state index contributed by atoms with van der Waals surface area (Å²) < 4.78 is 32.8. The van der Waals surface area contributed by atoms with E-state index in [1.807, 2.05) is 19.1 Å². The van der Waals surface area contributed by atoms with Gasteiger partial charge in [-0.15, -0.1) is 0 Å². The number of hydrogen-bond acceptors (Lipinski definition) is 3. The highest BCUT2D eigenvalue weighted by molar-refractivity contribution is 7.92. The summed E-state index contributed by atoms with van der Waals surface area (Å²) in [5, 5.41) is 0. The summed E-state index contributed by atoms with van der Waals surface area (Å²) in [6.45, 7) is 6.11. The molecule has 2 aromatic carbocycles. The third-order valence-electron chi connectivity index (χ3n) is 3.56. The normalized spacial score (nSPS) is 11.5. The van der Waals surface area contributed by atoms with Crippen LogP contribution in [0, 0.1) is 12.8 Å². The molecule has 23 heavy (non-hydrogen) atoms. The van der Waals surface area contributed by atoms with Crippen LogP contribution in [-0.2, 0) is 16.4 Å². The Balaban J connectivity index is 2.21. The van der Waals surface area contributed by atoms with Crippen LogP contribution in [0.3, 0.4) is 0 Å². The quantitative estimate of drug-likeness (QED) is 0.869. The van der Waals surface area contributed by atoms with Crippen molar-refractivity contribution in [3.8, 4) is 5.75 Å². The van der Waals surface area contributed by atoms with Crippen LogP contribution in [0.2, 0.25) is 0 Å². The summed E-state index contributed by atoms with van der Waals surface area (Å²) in [4.78, 5) is 0.264. The molecule has 2 rings (SSSR count). The monoisotopic (exact) mass is 333 g/mol. The average Bonchev–Trinajstić information content (AvgIpc) is 2.49. The highest BCUT2D eigenvalue weighted by Gasteiger charge is 2.15. The molecule has 124 valence electrons. The van der Waals surface area contributed by atoms with Crippen LogP contribution in [0.15, 0.2) is 47.4 Å². The number of aryl methyl sites for hydroxylation is 1. The second kappa shape index (κ2) is 7.04. The van der Waals surface area contributed by atoms with Gasteiger partial charge in [0.15, 0.2) is 0 Å². The van der Waals surface area contributed by atoms with E-state index in [1.54, 1.807) is 37.4 Å². The lowest BCUT2D eigenvalue weighted by Gasteiger charge is -2.12. The Kier molecular flexibility index (Phi) is 5.31. The van der Waals surface area contributed by atoms with Crippen molar-refractivity contribution >= 4 is 15.7 Å². The molecule has 0 unspecified atom stereocenters. The minimum atomic E-state index is -3.59. The maximum absolute atomic E-state index is 12.5. The number of rotatable bonds is 6. The lowest BCUT2D eigenvalue weighted by atomic mass is 10.0. The first-order chi connectivity index (χ1) is 10.8. The van der Waals surface area contributed by atoms with Gasteiger partial charge in [0.05, 0.1) is 17.7 Å². The summed E-state index contributed by atoms with van der Waals surface area (Å²) in [6.07, 6.45) is 0.936. The Morgan fingerprint density at radius 1 is 1.09 bits per heavy atom. The van der Waals surface area contributed by atoms with Gasteiger partial charge >= 0.3 is 0 Å². The van der Waals surface area contributed by atoms with Gasteiger partial charge in [0.2, 0.25) is 0 Å². The Bertz CT molecular complexity index is 765. The third-order valence-corrected chi connectivity index (χ3v) is 4.94. The zero-order chi connectivity index (χ0) is 17.0. The van der Waals surface area contributed by atoms with Crippen LogP contribution in [0.1, 0.15) is 25.0 Å². The number of methoxy groups -OCH3 is 1. The van der Waals surface area contributed by atoms with Gasteiger partial charge in [-0.2, -0.15) is 0 Å². The second-order valence-electron chi connectivity index (χ2n) is 6.03. The van der Waals surface area contributed by atoms with Crippen LogP contribution >= 0.6 is 0 Å². The van der Waals surface area contributed by atoms with Crippen molar-refractivity contribution < 1.29 is 13.2 Å². The predicted molar refractivity (Wildman–Crippen MR) is 93.5 cm³/mol. The van der Waals surface area contributed by atoms with E-state index in [1.165, 1.54) is 0 Å². The van der Waals surface area contributed by atoms with Gasteiger partial charge in [-0.3, -0.25) is 4.72 Å². The molecular formula is C18H23NO3S. The van der Waals surface area contributed by atoms with Crippen molar-refractivity contribution in [2.24, 2.45) is 5.92 Å². The minimum absolute atomic E-state index is 0.264. The fraction of sp³-hybridized carbons (Fsp3) is 0.333. The fourth-order valence-electron chi connectivity index (χ4n) is 2.36. The third kappa shape index (κ3) is 4.48. The molecule has 0 aliphatic rings. The molecule has 1 N–H and O–H groups in total. The fourth-order valence-corrected chi connectivity index (χ4v) is 3.49. The van der Waals surface area contributed by atoms with Crippen molar-refractivity contribution in [1.29, 1.82) is 0 Å². The van der Waals surface area contributed by atoms with E-state index in [9.17, 15) is 8.42 Å². The van der Waals surface area contributed by atoms with Gasteiger partial charge in [0.25, 0.3) is 10.0 Å². The molecule has 0 fully saturated rings. The van der Waals surface area contributed by atoms with E-state index in [4.69, 9.17) is 4.74 Å².